The summed E-state index contributed by atoms with van der Waals surface area (Å²) in [7, 11) is 1.59. The Morgan fingerprint density at radius 1 is 1.10 bits per heavy atom. The SMILES string of the molecule is COc1ncccc1C(N)c1cnc2ccccc2c1. The maximum Gasteiger partial charge on any atom is 0.218 e. The molecule has 0 amide bonds. The molecule has 0 aliphatic heterocycles. The van der Waals surface area contributed by atoms with E-state index in [2.05, 4.69) is 16.0 Å². The van der Waals surface area contributed by atoms with Crippen LogP contribution in [-0.4, -0.2) is 17.1 Å². The summed E-state index contributed by atoms with van der Waals surface area (Å²) in [6, 6.07) is 13.5. The summed E-state index contributed by atoms with van der Waals surface area (Å²) >= 11 is 0. The van der Waals surface area contributed by atoms with Crippen LogP contribution in [0.3, 0.4) is 0 Å². The summed E-state index contributed by atoms with van der Waals surface area (Å²) < 4.78 is 5.26. The fourth-order valence-corrected chi connectivity index (χ4v) is 2.25. The fourth-order valence-electron chi connectivity index (χ4n) is 2.25. The third kappa shape index (κ3) is 2.21. The molecule has 3 rings (SSSR count). The van der Waals surface area contributed by atoms with Gasteiger partial charge in [-0.05, 0) is 23.8 Å². The molecule has 4 heteroatoms. The summed E-state index contributed by atoms with van der Waals surface area (Å²) in [5.41, 5.74) is 9.08. The Balaban J connectivity index is 2.05. The van der Waals surface area contributed by atoms with Crippen molar-refractivity contribution < 1.29 is 4.74 Å². The molecular formula is C16H15N3O. The van der Waals surface area contributed by atoms with Crippen molar-refractivity contribution in [3.63, 3.8) is 0 Å². The van der Waals surface area contributed by atoms with Gasteiger partial charge in [-0.1, -0.05) is 24.3 Å². The Hall–Kier alpha value is -2.46. The highest BCUT2D eigenvalue weighted by molar-refractivity contribution is 5.79. The van der Waals surface area contributed by atoms with Gasteiger partial charge in [-0.2, -0.15) is 0 Å². The molecule has 0 aliphatic carbocycles. The van der Waals surface area contributed by atoms with Gasteiger partial charge in [0.15, 0.2) is 0 Å². The van der Waals surface area contributed by atoms with E-state index in [1.54, 1.807) is 19.5 Å². The predicted molar refractivity (Wildman–Crippen MR) is 78.6 cm³/mol. The number of nitrogens with two attached hydrogens (primary N) is 1. The van der Waals surface area contributed by atoms with E-state index in [0.29, 0.717) is 5.88 Å². The zero-order chi connectivity index (χ0) is 13.9. The summed E-state index contributed by atoms with van der Waals surface area (Å²) in [6.45, 7) is 0. The summed E-state index contributed by atoms with van der Waals surface area (Å²) in [4.78, 5) is 8.63. The second-order valence-corrected chi connectivity index (χ2v) is 4.54. The van der Waals surface area contributed by atoms with E-state index in [4.69, 9.17) is 10.5 Å². The Morgan fingerprint density at radius 3 is 2.80 bits per heavy atom. The lowest BCUT2D eigenvalue weighted by Gasteiger charge is -2.15. The molecule has 2 N–H and O–H groups in total. The van der Waals surface area contributed by atoms with Gasteiger partial charge >= 0.3 is 0 Å². The molecule has 0 radical (unpaired) electrons. The second kappa shape index (κ2) is 5.27. The van der Waals surface area contributed by atoms with Crippen LogP contribution in [0.2, 0.25) is 0 Å². The van der Waals surface area contributed by atoms with Crippen molar-refractivity contribution in [3.8, 4) is 5.88 Å². The molecule has 0 saturated carbocycles. The van der Waals surface area contributed by atoms with E-state index in [-0.39, 0.29) is 6.04 Å². The Kier molecular flexibility index (Phi) is 3.31. The second-order valence-electron chi connectivity index (χ2n) is 4.54. The highest BCUT2D eigenvalue weighted by Crippen LogP contribution is 2.27. The first-order valence-corrected chi connectivity index (χ1v) is 6.39. The predicted octanol–water partition coefficient (Wildman–Crippen LogP) is 2.69. The van der Waals surface area contributed by atoms with Gasteiger partial charge in [0.25, 0.3) is 0 Å². The van der Waals surface area contributed by atoms with Crippen molar-refractivity contribution in [2.75, 3.05) is 7.11 Å². The van der Waals surface area contributed by atoms with Crippen LogP contribution in [0.15, 0.2) is 54.9 Å². The van der Waals surface area contributed by atoms with E-state index in [1.165, 1.54) is 0 Å². The molecule has 4 nitrogen and oxygen atoms in total. The van der Waals surface area contributed by atoms with Gasteiger partial charge < -0.3 is 10.5 Å². The number of para-hydroxylation sites is 1. The lowest BCUT2D eigenvalue weighted by atomic mass is 10.0. The van der Waals surface area contributed by atoms with Crippen LogP contribution in [0.5, 0.6) is 5.88 Å². The molecule has 1 atom stereocenters. The van der Waals surface area contributed by atoms with Crippen molar-refractivity contribution in [1.29, 1.82) is 0 Å². The molecule has 2 heterocycles. The highest BCUT2D eigenvalue weighted by Gasteiger charge is 2.15. The van der Waals surface area contributed by atoms with Gasteiger partial charge in [0, 0.05) is 23.3 Å². The van der Waals surface area contributed by atoms with E-state index in [9.17, 15) is 0 Å². The molecule has 3 aromatic rings. The number of hydrogen-bond acceptors (Lipinski definition) is 4. The van der Waals surface area contributed by atoms with Crippen LogP contribution < -0.4 is 10.5 Å². The quantitative estimate of drug-likeness (QED) is 0.791. The smallest absolute Gasteiger partial charge is 0.218 e. The highest BCUT2D eigenvalue weighted by atomic mass is 16.5. The van der Waals surface area contributed by atoms with Crippen LogP contribution in [0.4, 0.5) is 0 Å². The van der Waals surface area contributed by atoms with E-state index in [0.717, 1.165) is 22.0 Å². The van der Waals surface area contributed by atoms with Crippen LogP contribution in [-0.2, 0) is 0 Å². The third-order valence-corrected chi connectivity index (χ3v) is 3.30. The van der Waals surface area contributed by atoms with Gasteiger partial charge in [0.05, 0.1) is 18.7 Å². The average Bonchev–Trinajstić information content (AvgIpc) is 2.53. The number of pyridine rings is 2. The molecule has 20 heavy (non-hydrogen) atoms. The average molecular weight is 265 g/mol. The fraction of sp³-hybridized carbons (Fsp3) is 0.125. The summed E-state index contributed by atoms with van der Waals surface area (Å²) in [5, 5.41) is 1.07. The maximum atomic E-state index is 6.32. The first-order valence-electron chi connectivity index (χ1n) is 6.39. The van der Waals surface area contributed by atoms with Gasteiger partial charge in [-0.25, -0.2) is 4.98 Å². The number of ether oxygens (including phenoxy) is 1. The molecule has 0 bridgehead atoms. The van der Waals surface area contributed by atoms with Gasteiger partial charge in [-0.15, -0.1) is 0 Å². The monoisotopic (exact) mass is 265 g/mol. The topological polar surface area (TPSA) is 61.0 Å². The van der Waals surface area contributed by atoms with E-state index >= 15 is 0 Å². The molecule has 0 aliphatic rings. The van der Waals surface area contributed by atoms with Gasteiger partial charge in [-0.3, -0.25) is 4.98 Å². The number of methoxy groups -OCH3 is 1. The standard InChI is InChI=1S/C16H15N3O/c1-20-16-13(6-4-8-18-16)15(17)12-9-11-5-2-3-7-14(11)19-10-12/h2-10,15H,17H2,1H3. The van der Waals surface area contributed by atoms with Crippen molar-refractivity contribution in [1.82, 2.24) is 9.97 Å². The van der Waals surface area contributed by atoms with Crippen molar-refractivity contribution in [2.24, 2.45) is 5.73 Å². The number of benzene rings is 1. The number of rotatable bonds is 3. The summed E-state index contributed by atoms with van der Waals surface area (Å²) in [5.74, 6) is 0.549. The molecule has 0 spiro atoms. The Morgan fingerprint density at radius 2 is 1.95 bits per heavy atom. The lowest BCUT2D eigenvalue weighted by Crippen LogP contribution is -2.14. The Labute approximate surface area is 117 Å². The van der Waals surface area contributed by atoms with Crippen LogP contribution in [0.25, 0.3) is 10.9 Å². The Bertz CT molecular complexity index is 742. The zero-order valence-electron chi connectivity index (χ0n) is 11.2. The number of hydrogen-bond donors (Lipinski definition) is 1. The first kappa shape index (κ1) is 12.6. The van der Waals surface area contributed by atoms with Gasteiger partial charge in [0.2, 0.25) is 5.88 Å². The zero-order valence-corrected chi connectivity index (χ0v) is 11.2. The van der Waals surface area contributed by atoms with Crippen LogP contribution in [0.1, 0.15) is 17.2 Å². The van der Waals surface area contributed by atoms with Crippen LogP contribution in [0, 0.1) is 0 Å². The molecule has 0 fully saturated rings. The normalized spacial score (nSPS) is 12.3. The molecule has 2 aromatic heterocycles. The minimum Gasteiger partial charge on any atom is -0.481 e. The van der Waals surface area contributed by atoms with Gasteiger partial charge in [0.1, 0.15) is 0 Å². The molecular weight excluding hydrogens is 250 g/mol. The maximum absolute atomic E-state index is 6.32. The van der Waals surface area contributed by atoms with Crippen molar-refractivity contribution in [3.05, 3.63) is 66.0 Å². The first-order chi connectivity index (χ1) is 9.79. The number of aromatic nitrogens is 2. The molecule has 1 unspecified atom stereocenters. The molecule has 100 valence electrons. The van der Waals surface area contributed by atoms with Crippen molar-refractivity contribution in [2.45, 2.75) is 6.04 Å². The minimum absolute atomic E-state index is 0.309. The molecule has 1 aromatic carbocycles. The number of fused-ring (bicyclic) bond motifs is 1. The van der Waals surface area contributed by atoms with Crippen LogP contribution >= 0.6 is 0 Å². The molecule has 0 saturated heterocycles. The minimum atomic E-state index is -0.309. The van der Waals surface area contributed by atoms with E-state index < -0.39 is 0 Å². The summed E-state index contributed by atoms with van der Waals surface area (Å²) in [6.07, 6.45) is 3.49. The third-order valence-electron chi connectivity index (χ3n) is 3.30. The van der Waals surface area contributed by atoms with E-state index in [1.807, 2.05) is 36.4 Å². The van der Waals surface area contributed by atoms with Crippen molar-refractivity contribution >= 4 is 10.9 Å². The lowest BCUT2D eigenvalue weighted by molar-refractivity contribution is 0.390. The number of nitrogens with zero attached hydrogens (tertiary/aromatic N) is 2. The largest absolute Gasteiger partial charge is 0.481 e.